The minimum Gasteiger partial charge on any atom is -0.497 e. The van der Waals surface area contributed by atoms with Crippen molar-refractivity contribution in [2.24, 2.45) is 5.90 Å². The van der Waals surface area contributed by atoms with E-state index < -0.39 is 0 Å². The number of benzene rings is 3. The van der Waals surface area contributed by atoms with Crippen LogP contribution in [-0.4, -0.2) is 27.9 Å². The second-order valence-electron chi connectivity index (χ2n) is 7.73. The van der Waals surface area contributed by atoms with Gasteiger partial charge in [0.2, 0.25) is 0 Å². The molecule has 0 fully saturated rings. The zero-order chi connectivity index (χ0) is 22.8. The lowest BCUT2D eigenvalue weighted by molar-refractivity contribution is 0.133. The number of ether oxygens (including phenoxy) is 3. The molecule has 2 N–H and O–H groups in total. The molecule has 3 rings (SSSR count). The molecule has 0 saturated carbocycles. The molecule has 0 aliphatic heterocycles. The molecule has 0 aliphatic rings. The van der Waals surface area contributed by atoms with E-state index in [0.717, 1.165) is 42.9 Å². The van der Waals surface area contributed by atoms with Crippen molar-refractivity contribution >= 4 is 0 Å². The highest BCUT2D eigenvalue weighted by Gasteiger charge is 2.19. The van der Waals surface area contributed by atoms with Gasteiger partial charge in [-0.15, -0.1) is 0 Å². The number of rotatable bonds is 12. The van der Waals surface area contributed by atoms with Gasteiger partial charge in [0, 0.05) is 5.92 Å². The van der Waals surface area contributed by atoms with E-state index in [0.29, 0.717) is 6.61 Å². The molecule has 3 aromatic rings. The summed E-state index contributed by atoms with van der Waals surface area (Å²) >= 11 is 0. The van der Waals surface area contributed by atoms with Crippen LogP contribution in [0.3, 0.4) is 0 Å². The van der Waals surface area contributed by atoms with E-state index in [9.17, 15) is 0 Å². The monoisotopic (exact) mass is 435 g/mol. The van der Waals surface area contributed by atoms with Crippen LogP contribution in [0.15, 0.2) is 66.7 Å². The van der Waals surface area contributed by atoms with Crippen LogP contribution in [0.5, 0.6) is 17.2 Å². The molecule has 0 amide bonds. The predicted molar refractivity (Wildman–Crippen MR) is 128 cm³/mol. The van der Waals surface area contributed by atoms with Crippen LogP contribution in [0.4, 0.5) is 0 Å². The van der Waals surface area contributed by atoms with Crippen molar-refractivity contribution in [1.82, 2.24) is 0 Å². The number of methoxy groups -OCH3 is 3. The normalized spacial score (nSPS) is 10.9. The van der Waals surface area contributed by atoms with Crippen LogP contribution < -0.4 is 20.1 Å². The third kappa shape index (κ3) is 6.02. The van der Waals surface area contributed by atoms with Gasteiger partial charge in [-0.3, -0.25) is 0 Å². The molecule has 170 valence electrons. The quantitative estimate of drug-likeness (QED) is 0.231. The van der Waals surface area contributed by atoms with E-state index in [1.54, 1.807) is 21.3 Å². The summed E-state index contributed by atoms with van der Waals surface area (Å²) in [6.45, 7) is 0.591. The molecule has 3 aromatic carbocycles. The van der Waals surface area contributed by atoms with Crippen LogP contribution in [0, 0.1) is 0 Å². The summed E-state index contributed by atoms with van der Waals surface area (Å²) in [5.74, 6) is 7.83. The third-order valence-electron chi connectivity index (χ3n) is 5.74. The number of hydrogen-bond acceptors (Lipinski definition) is 5. The first-order valence-corrected chi connectivity index (χ1v) is 11.0. The summed E-state index contributed by atoms with van der Waals surface area (Å²) in [6, 6.07) is 23.1. The van der Waals surface area contributed by atoms with Crippen molar-refractivity contribution in [2.45, 2.75) is 31.6 Å². The molecule has 5 heteroatoms. The van der Waals surface area contributed by atoms with E-state index in [4.69, 9.17) is 20.1 Å². The van der Waals surface area contributed by atoms with Gasteiger partial charge >= 0.3 is 0 Å². The largest absolute Gasteiger partial charge is 0.497 e. The van der Waals surface area contributed by atoms with Crippen molar-refractivity contribution in [1.29, 1.82) is 0 Å². The van der Waals surface area contributed by atoms with Crippen LogP contribution in [0.1, 0.15) is 47.4 Å². The van der Waals surface area contributed by atoms with Gasteiger partial charge in [-0.1, -0.05) is 42.8 Å². The van der Waals surface area contributed by atoms with Gasteiger partial charge in [0.05, 0.1) is 27.9 Å². The van der Waals surface area contributed by atoms with E-state index in [1.165, 1.54) is 22.3 Å². The molecule has 0 bridgehead atoms. The Kier molecular flexibility index (Phi) is 8.96. The van der Waals surface area contributed by atoms with Gasteiger partial charge in [0.25, 0.3) is 0 Å². The molecule has 0 radical (unpaired) electrons. The first-order valence-electron chi connectivity index (χ1n) is 11.0. The number of unbranched alkanes of at least 4 members (excludes halogenated alkanes) is 2. The molecule has 5 nitrogen and oxygen atoms in total. The third-order valence-corrected chi connectivity index (χ3v) is 5.74. The minimum atomic E-state index is 0.0853. The topological polar surface area (TPSA) is 62.9 Å². The fourth-order valence-electron chi connectivity index (χ4n) is 4.02. The lowest BCUT2D eigenvalue weighted by Gasteiger charge is -2.21. The molecular formula is C27H33NO4. The Morgan fingerprint density at radius 3 is 1.72 bits per heavy atom. The maximum Gasteiger partial charge on any atom is 0.122 e. The Morgan fingerprint density at radius 1 is 0.656 bits per heavy atom. The molecule has 0 saturated heterocycles. The standard InChI is InChI=1S/C27H33NO4/c1-29-24-13-8-20(9-14-24)27(21-10-15-25(30-2)16-11-21)23-12-17-26(31-3)22(19-23)7-5-4-6-18-32-28/h8-17,19,27H,4-7,18,28H2,1-3H3. The summed E-state index contributed by atoms with van der Waals surface area (Å²) in [5, 5.41) is 0. The molecule has 0 atom stereocenters. The Morgan fingerprint density at radius 2 is 1.22 bits per heavy atom. The SMILES string of the molecule is COc1ccc(C(c2ccc(OC)cc2)c2ccc(OC)c(CCCCCON)c2)cc1. The van der Waals surface area contributed by atoms with E-state index in [1.807, 2.05) is 24.3 Å². The number of aryl methyl sites for hydroxylation is 1. The van der Waals surface area contributed by atoms with Crippen LogP contribution >= 0.6 is 0 Å². The molecule has 0 aliphatic carbocycles. The fraction of sp³-hybridized carbons (Fsp3) is 0.333. The Hall–Kier alpha value is -3.02. The summed E-state index contributed by atoms with van der Waals surface area (Å²) < 4.78 is 16.4. The lowest BCUT2D eigenvalue weighted by atomic mass is 9.84. The number of nitrogens with two attached hydrogens (primary N) is 1. The maximum absolute atomic E-state index is 5.65. The predicted octanol–water partition coefficient (Wildman–Crippen LogP) is 5.50. The Balaban J connectivity index is 1.96. The van der Waals surface area contributed by atoms with E-state index in [-0.39, 0.29) is 5.92 Å². The molecular weight excluding hydrogens is 402 g/mol. The second-order valence-corrected chi connectivity index (χ2v) is 7.73. The van der Waals surface area contributed by atoms with Gasteiger partial charge in [0.15, 0.2) is 0 Å². The van der Waals surface area contributed by atoms with Crippen LogP contribution in [0.2, 0.25) is 0 Å². The van der Waals surface area contributed by atoms with Gasteiger partial charge in [-0.25, -0.2) is 5.90 Å². The second kappa shape index (κ2) is 12.1. The summed E-state index contributed by atoms with van der Waals surface area (Å²) in [4.78, 5) is 4.68. The fourth-order valence-corrected chi connectivity index (χ4v) is 4.02. The van der Waals surface area contributed by atoms with Gasteiger partial charge < -0.3 is 19.0 Å². The Bertz CT molecular complexity index is 907. The van der Waals surface area contributed by atoms with Crippen molar-refractivity contribution in [2.75, 3.05) is 27.9 Å². The Labute approximate surface area is 191 Å². The highest BCUT2D eigenvalue weighted by Crippen LogP contribution is 2.36. The maximum atomic E-state index is 5.65. The average Bonchev–Trinajstić information content (AvgIpc) is 2.85. The first-order chi connectivity index (χ1) is 15.7. The van der Waals surface area contributed by atoms with E-state index >= 15 is 0 Å². The van der Waals surface area contributed by atoms with Crippen molar-refractivity contribution < 1.29 is 19.0 Å². The molecule has 0 spiro atoms. The van der Waals surface area contributed by atoms with Crippen LogP contribution in [0.25, 0.3) is 0 Å². The average molecular weight is 436 g/mol. The smallest absolute Gasteiger partial charge is 0.122 e. The molecule has 0 heterocycles. The summed E-state index contributed by atoms with van der Waals surface area (Å²) in [5.41, 5.74) is 4.84. The van der Waals surface area contributed by atoms with Gasteiger partial charge in [-0.05, 0) is 71.8 Å². The van der Waals surface area contributed by atoms with Crippen molar-refractivity contribution in [3.05, 3.63) is 89.0 Å². The zero-order valence-corrected chi connectivity index (χ0v) is 19.2. The van der Waals surface area contributed by atoms with E-state index in [2.05, 4.69) is 47.3 Å². The molecule has 0 aromatic heterocycles. The minimum absolute atomic E-state index is 0.0853. The lowest BCUT2D eigenvalue weighted by Crippen LogP contribution is -2.05. The highest BCUT2D eigenvalue weighted by molar-refractivity contribution is 5.49. The molecule has 32 heavy (non-hydrogen) atoms. The highest BCUT2D eigenvalue weighted by atomic mass is 16.6. The number of hydrogen-bond donors (Lipinski definition) is 1. The summed E-state index contributed by atoms with van der Waals surface area (Å²) in [6.07, 6.45) is 4.02. The summed E-state index contributed by atoms with van der Waals surface area (Å²) in [7, 11) is 5.10. The molecule has 0 unspecified atom stereocenters. The van der Waals surface area contributed by atoms with Gasteiger partial charge in [-0.2, -0.15) is 0 Å². The zero-order valence-electron chi connectivity index (χ0n) is 19.2. The van der Waals surface area contributed by atoms with Crippen molar-refractivity contribution in [3.63, 3.8) is 0 Å². The van der Waals surface area contributed by atoms with Crippen molar-refractivity contribution in [3.8, 4) is 17.2 Å². The first kappa shape index (κ1) is 23.6. The van der Waals surface area contributed by atoms with Gasteiger partial charge in [0.1, 0.15) is 17.2 Å². The van der Waals surface area contributed by atoms with Crippen LogP contribution in [-0.2, 0) is 11.3 Å².